The number of amides is 1. The van der Waals surface area contributed by atoms with E-state index < -0.39 is 16.0 Å². The van der Waals surface area contributed by atoms with E-state index in [0.717, 1.165) is 0 Å². The fraction of sp³-hybridized carbons (Fsp3) is 0.294. The highest BCUT2D eigenvalue weighted by atomic mass is 32.2. The Labute approximate surface area is 156 Å². The summed E-state index contributed by atoms with van der Waals surface area (Å²) in [5, 5.41) is 12.9. The lowest BCUT2D eigenvalue weighted by atomic mass is 10.2. The van der Waals surface area contributed by atoms with Gasteiger partial charge in [-0.25, -0.2) is 23.1 Å². The maximum absolute atomic E-state index is 12.4. The highest BCUT2D eigenvalue weighted by Gasteiger charge is 2.16. The maximum Gasteiger partial charge on any atom is 0.264 e. The van der Waals surface area contributed by atoms with Crippen LogP contribution in [-0.2, 0) is 19.6 Å². The molecule has 0 radical (unpaired) electrons. The number of anilines is 2. The fourth-order valence-electron chi connectivity index (χ4n) is 2.28. The van der Waals surface area contributed by atoms with Crippen molar-refractivity contribution in [1.29, 1.82) is 0 Å². The van der Waals surface area contributed by atoms with Crippen LogP contribution < -0.4 is 15.1 Å². The van der Waals surface area contributed by atoms with Crippen molar-refractivity contribution in [3.8, 4) is 0 Å². The molecule has 0 fully saturated rings. The predicted octanol–water partition coefficient (Wildman–Crippen LogP) is 0.753. The number of nitrogens with one attached hydrogen (secondary N) is 2. The molecule has 9 nitrogen and oxygen atoms in total. The van der Waals surface area contributed by atoms with Gasteiger partial charge < -0.3 is 15.2 Å². The standard InChI is InChI=1S/C17H20N4O5S/c1-11-10-12(2)19-17(18-11)21-27(25,26)14-8-6-13(7-9-14)20-15(22)4-3-5-16(23)24/h6-10H,3-5H2,1-2H3,(H,20,22)(H,23,24)(H,18,19,21)/p-1. The van der Waals surface area contributed by atoms with Crippen molar-refractivity contribution in [2.75, 3.05) is 10.0 Å². The highest BCUT2D eigenvalue weighted by Crippen LogP contribution is 2.17. The van der Waals surface area contributed by atoms with Crippen LogP contribution >= 0.6 is 0 Å². The molecule has 2 rings (SSSR count). The summed E-state index contributed by atoms with van der Waals surface area (Å²) in [6.45, 7) is 3.47. The zero-order valence-electron chi connectivity index (χ0n) is 14.9. The number of hydrogen-bond donors (Lipinski definition) is 2. The van der Waals surface area contributed by atoms with Gasteiger partial charge in [-0.15, -0.1) is 0 Å². The number of nitrogens with zero attached hydrogens (tertiary/aromatic N) is 2. The smallest absolute Gasteiger partial charge is 0.264 e. The van der Waals surface area contributed by atoms with E-state index in [4.69, 9.17) is 0 Å². The van der Waals surface area contributed by atoms with E-state index >= 15 is 0 Å². The van der Waals surface area contributed by atoms with Crippen molar-refractivity contribution >= 4 is 33.5 Å². The average molecular weight is 391 g/mol. The number of aliphatic carboxylic acids is 1. The van der Waals surface area contributed by atoms with Gasteiger partial charge in [0.1, 0.15) is 0 Å². The minimum atomic E-state index is -3.88. The minimum Gasteiger partial charge on any atom is -0.550 e. The predicted molar refractivity (Wildman–Crippen MR) is 96.2 cm³/mol. The average Bonchev–Trinajstić information content (AvgIpc) is 2.53. The molecule has 1 heterocycles. The van der Waals surface area contributed by atoms with Gasteiger partial charge in [0.15, 0.2) is 0 Å². The molecular weight excluding hydrogens is 372 g/mol. The molecule has 2 aromatic rings. The first kappa shape index (κ1) is 20.3. The fourth-order valence-corrected chi connectivity index (χ4v) is 3.23. The van der Waals surface area contributed by atoms with Gasteiger partial charge >= 0.3 is 0 Å². The van der Waals surface area contributed by atoms with Crippen LogP contribution in [0.2, 0.25) is 0 Å². The topological polar surface area (TPSA) is 141 Å². The van der Waals surface area contributed by atoms with Gasteiger partial charge in [0.25, 0.3) is 10.0 Å². The number of aryl methyl sites for hydroxylation is 2. The summed E-state index contributed by atoms with van der Waals surface area (Å²) in [6.07, 6.45) is -0.00311. The van der Waals surface area contributed by atoms with Gasteiger partial charge in [0, 0.05) is 29.5 Å². The molecule has 0 spiro atoms. The van der Waals surface area contributed by atoms with E-state index in [1.807, 2.05) is 0 Å². The normalized spacial score (nSPS) is 11.0. The summed E-state index contributed by atoms with van der Waals surface area (Å²) >= 11 is 0. The summed E-state index contributed by atoms with van der Waals surface area (Å²) in [5.74, 6) is -1.59. The molecule has 0 atom stereocenters. The Hall–Kier alpha value is -3.01. The third-order valence-corrected chi connectivity index (χ3v) is 4.79. The molecule has 144 valence electrons. The third kappa shape index (κ3) is 6.33. The first-order chi connectivity index (χ1) is 12.7. The summed E-state index contributed by atoms with van der Waals surface area (Å²) in [7, 11) is -3.88. The molecule has 0 aliphatic carbocycles. The van der Waals surface area contributed by atoms with Crippen molar-refractivity contribution in [1.82, 2.24) is 9.97 Å². The number of aromatic nitrogens is 2. The van der Waals surface area contributed by atoms with Gasteiger partial charge in [-0.3, -0.25) is 4.79 Å². The van der Waals surface area contributed by atoms with E-state index in [1.165, 1.54) is 24.3 Å². The van der Waals surface area contributed by atoms with E-state index in [0.29, 0.717) is 17.1 Å². The van der Waals surface area contributed by atoms with Gasteiger partial charge in [-0.1, -0.05) is 0 Å². The SMILES string of the molecule is Cc1cc(C)nc(NS(=O)(=O)c2ccc(NC(=O)CCCC(=O)[O-])cc2)n1. The lowest BCUT2D eigenvalue weighted by molar-refractivity contribution is -0.305. The number of hydrogen-bond acceptors (Lipinski definition) is 7. The molecule has 0 bridgehead atoms. The summed E-state index contributed by atoms with van der Waals surface area (Å²) in [4.78, 5) is 30.1. The summed E-state index contributed by atoms with van der Waals surface area (Å²) < 4.78 is 27.2. The second-order valence-electron chi connectivity index (χ2n) is 5.88. The highest BCUT2D eigenvalue weighted by molar-refractivity contribution is 7.92. The quantitative estimate of drug-likeness (QED) is 0.676. The number of benzene rings is 1. The molecule has 1 aromatic carbocycles. The number of carbonyl (C=O) groups excluding carboxylic acids is 2. The van der Waals surface area contributed by atoms with Crippen LogP contribution in [0.25, 0.3) is 0 Å². The van der Waals surface area contributed by atoms with Crippen LogP contribution in [0.1, 0.15) is 30.7 Å². The molecule has 1 amide bonds. The molecule has 0 unspecified atom stereocenters. The molecule has 27 heavy (non-hydrogen) atoms. The van der Waals surface area contributed by atoms with Gasteiger partial charge in [0.2, 0.25) is 11.9 Å². The van der Waals surface area contributed by atoms with Crippen LogP contribution in [0.3, 0.4) is 0 Å². The summed E-state index contributed by atoms with van der Waals surface area (Å²) in [5.41, 5.74) is 1.67. The number of rotatable bonds is 8. The molecule has 0 aliphatic heterocycles. The molecule has 0 saturated heterocycles. The van der Waals surface area contributed by atoms with E-state index in [2.05, 4.69) is 20.0 Å². The Kier molecular flexibility index (Phi) is 6.45. The third-order valence-electron chi connectivity index (χ3n) is 3.44. The van der Waals surface area contributed by atoms with Crippen LogP contribution in [0, 0.1) is 13.8 Å². The Morgan fingerprint density at radius 2 is 1.63 bits per heavy atom. The largest absolute Gasteiger partial charge is 0.550 e. The van der Waals surface area contributed by atoms with E-state index in [1.54, 1.807) is 19.9 Å². The van der Waals surface area contributed by atoms with Crippen LogP contribution in [0.15, 0.2) is 35.2 Å². The van der Waals surface area contributed by atoms with E-state index in [9.17, 15) is 23.1 Å². The molecule has 0 aliphatic rings. The first-order valence-electron chi connectivity index (χ1n) is 8.10. The number of carboxylic acids is 1. The van der Waals surface area contributed by atoms with E-state index in [-0.39, 0.29) is 36.0 Å². The Morgan fingerprint density at radius 3 is 2.19 bits per heavy atom. The second kappa shape index (κ2) is 8.58. The minimum absolute atomic E-state index is 0.0137. The van der Waals surface area contributed by atoms with Crippen molar-refractivity contribution in [3.63, 3.8) is 0 Å². The molecular formula is C17H19N4O5S-. The second-order valence-corrected chi connectivity index (χ2v) is 7.56. The van der Waals surface area contributed by atoms with Crippen molar-refractivity contribution in [2.45, 2.75) is 38.0 Å². The Morgan fingerprint density at radius 1 is 1.04 bits per heavy atom. The lowest BCUT2D eigenvalue weighted by Gasteiger charge is -2.09. The zero-order valence-corrected chi connectivity index (χ0v) is 15.7. The zero-order chi connectivity index (χ0) is 20.0. The van der Waals surface area contributed by atoms with Crippen LogP contribution in [0.5, 0.6) is 0 Å². The lowest BCUT2D eigenvalue weighted by Crippen LogP contribution is -2.22. The monoisotopic (exact) mass is 391 g/mol. The number of sulfonamides is 1. The molecule has 10 heteroatoms. The van der Waals surface area contributed by atoms with Crippen molar-refractivity contribution < 1.29 is 23.1 Å². The number of carboxylic acid groups (broad SMARTS) is 1. The summed E-state index contributed by atoms with van der Waals surface area (Å²) in [6, 6.07) is 7.27. The van der Waals surface area contributed by atoms with Gasteiger partial charge in [0.05, 0.1) is 4.90 Å². The Balaban J connectivity index is 2.02. The van der Waals surface area contributed by atoms with Crippen molar-refractivity contribution in [3.05, 3.63) is 41.7 Å². The molecule has 1 aromatic heterocycles. The van der Waals surface area contributed by atoms with Gasteiger partial charge in [-0.2, -0.15) is 0 Å². The van der Waals surface area contributed by atoms with Gasteiger partial charge in [-0.05, 0) is 57.0 Å². The Bertz CT molecular complexity index is 922. The first-order valence-corrected chi connectivity index (χ1v) is 9.59. The van der Waals surface area contributed by atoms with Crippen LogP contribution in [0.4, 0.5) is 11.6 Å². The van der Waals surface area contributed by atoms with Crippen molar-refractivity contribution in [2.24, 2.45) is 0 Å². The van der Waals surface area contributed by atoms with Crippen LogP contribution in [-0.4, -0.2) is 30.3 Å². The maximum atomic E-state index is 12.4. The number of carbonyl (C=O) groups is 2. The molecule has 0 saturated carbocycles. The molecule has 2 N–H and O–H groups in total.